The molecule has 29 heavy (non-hydrogen) atoms. The van der Waals surface area contributed by atoms with Crippen molar-refractivity contribution in [2.75, 3.05) is 5.73 Å². The quantitative estimate of drug-likeness (QED) is 0.547. The van der Waals surface area contributed by atoms with Gasteiger partial charge in [0, 0.05) is 29.7 Å². The van der Waals surface area contributed by atoms with Crippen LogP contribution >= 0.6 is 0 Å². The lowest BCUT2D eigenvalue weighted by molar-refractivity contribution is 0.272. The lowest BCUT2D eigenvalue weighted by atomic mass is 9.64. The second-order valence-corrected chi connectivity index (χ2v) is 7.17. The lowest BCUT2D eigenvalue weighted by Gasteiger charge is -2.39. The molecule has 1 aliphatic carbocycles. The third kappa shape index (κ3) is 2.98. The molecule has 0 atom stereocenters. The standard InChI is InChI=1S/C21H18N6O2/c22-20-24-10-14(11-25-20)17-7-4-15(12-23-17)21(8-1-9-21)19-26-18(29-27-19)13-2-5-16(28)6-3-13/h2-7,10-12,28H,1,8-9H2,(H2,22,24,25). The third-order valence-corrected chi connectivity index (χ3v) is 5.46. The zero-order chi connectivity index (χ0) is 19.8. The van der Waals surface area contributed by atoms with Crippen LogP contribution in [-0.4, -0.2) is 30.2 Å². The second-order valence-electron chi connectivity index (χ2n) is 7.17. The van der Waals surface area contributed by atoms with Gasteiger partial charge in [-0.3, -0.25) is 4.98 Å². The summed E-state index contributed by atoms with van der Waals surface area (Å²) >= 11 is 0. The minimum absolute atomic E-state index is 0.196. The molecule has 3 aromatic heterocycles. The number of rotatable bonds is 4. The van der Waals surface area contributed by atoms with Crippen LogP contribution in [0.3, 0.4) is 0 Å². The molecular weight excluding hydrogens is 368 g/mol. The van der Waals surface area contributed by atoms with E-state index in [0.717, 1.165) is 41.6 Å². The number of nitrogens with zero attached hydrogens (tertiary/aromatic N) is 5. The second kappa shape index (κ2) is 6.66. The highest BCUT2D eigenvalue weighted by Gasteiger charge is 2.44. The number of hydrogen-bond donors (Lipinski definition) is 2. The maximum atomic E-state index is 9.46. The zero-order valence-corrected chi connectivity index (χ0v) is 15.5. The smallest absolute Gasteiger partial charge is 0.257 e. The molecule has 3 heterocycles. The predicted octanol–water partition coefficient (Wildman–Crippen LogP) is 3.35. The first-order valence-corrected chi connectivity index (χ1v) is 9.32. The number of aromatic hydroxyl groups is 1. The van der Waals surface area contributed by atoms with Crippen LogP contribution in [0.5, 0.6) is 5.75 Å². The van der Waals surface area contributed by atoms with Gasteiger partial charge in [0.1, 0.15) is 5.75 Å². The summed E-state index contributed by atoms with van der Waals surface area (Å²) in [4.78, 5) is 17.3. The number of nitrogens with two attached hydrogens (primary N) is 1. The van der Waals surface area contributed by atoms with Gasteiger partial charge in [-0.2, -0.15) is 4.98 Å². The van der Waals surface area contributed by atoms with Crippen LogP contribution in [0.2, 0.25) is 0 Å². The van der Waals surface area contributed by atoms with Crippen LogP contribution in [0.1, 0.15) is 30.7 Å². The minimum Gasteiger partial charge on any atom is -0.508 e. The van der Waals surface area contributed by atoms with E-state index in [2.05, 4.69) is 31.2 Å². The molecule has 1 aromatic carbocycles. The van der Waals surface area contributed by atoms with Crippen molar-refractivity contribution in [3.05, 3.63) is 66.4 Å². The molecule has 3 N–H and O–H groups in total. The van der Waals surface area contributed by atoms with Crippen molar-refractivity contribution >= 4 is 5.95 Å². The summed E-state index contributed by atoms with van der Waals surface area (Å²) < 4.78 is 5.51. The SMILES string of the molecule is Nc1ncc(-c2ccc(C3(c4noc(-c5ccc(O)cc5)n4)CCC3)cn2)cn1. The summed E-state index contributed by atoms with van der Waals surface area (Å²) in [5.41, 5.74) is 8.67. The molecule has 5 rings (SSSR count). The molecule has 0 saturated heterocycles. The van der Waals surface area contributed by atoms with Gasteiger partial charge in [0.05, 0.1) is 11.1 Å². The number of pyridine rings is 1. The Morgan fingerprint density at radius 3 is 2.28 bits per heavy atom. The number of benzene rings is 1. The van der Waals surface area contributed by atoms with E-state index in [1.807, 2.05) is 12.3 Å². The van der Waals surface area contributed by atoms with E-state index >= 15 is 0 Å². The topological polar surface area (TPSA) is 124 Å². The highest BCUT2D eigenvalue weighted by molar-refractivity contribution is 5.58. The average Bonchev–Trinajstić information content (AvgIpc) is 3.19. The van der Waals surface area contributed by atoms with Gasteiger partial charge in [0.2, 0.25) is 5.95 Å². The van der Waals surface area contributed by atoms with E-state index < -0.39 is 0 Å². The highest BCUT2D eigenvalue weighted by atomic mass is 16.5. The van der Waals surface area contributed by atoms with Gasteiger partial charge in [-0.15, -0.1) is 0 Å². The van der Waals surface area contributed by atoms with Crippen molar-refractivity contribution in [1.82, 2.24) is 25.1 Å². The summed E-state index contributed by atoms with van der Waals surface area (Å²) in [6.07, 6.45) is 8.15. The number of phenols is 1. The van der Waals surface area contributed by atoms with E-state index in [9.17, 15) is 5.11 Å². The Morgan fingerprint density at radius 2 is 1.66 bits per heavy atom. The van der Waals surface area contributed by atoms with E-state index in [4.69, 9.17) is 10.3 Å². The molecule has 1 saturated carbocycles. The molecule has 1 fully saturated rings. The fourth-order valence-electron chi connectivity index (χ4n) is 3.63. The van der Waals surface area contributed by atoms with Gasteiger partial charge < -0.3 is 15.4 Å². The maximum absolute atomic E-state index is 9.46. The molecule has 0 amide bonds. The first kappa shape index (κ1) is 17.3. The summed E-state index contributed by atoms with van der Waals surface area (Å²) in [5.74, 6) is 1.54. The van der Waals surface area contributed by atoms with E-state index in [1.165, 1.54) is 0 Å². The van der Waals surface area contributed by atoms with Gasteiger partial charge in [0.15, 0.2) is 5.82 Å². The van der Waals surface area contributed by atoms with Crippen LogP contribution in [0, 0.1) is 0 Å². The third-order valence-electron chi connectivity index (χ3n) is 5.46. The predicted molar refractivity (Wildman–Crippen MR) is 106 cm³/mol. The van der Waals surface area contributed by atoms with Gasteiger partial charge in [-0.25, -0.2) is 9.97 Å². The summed E-state index contributed by atoms with van der Waals surface area (Å²) in [6, 6.07) is 10.7. The average molecular weight is 386 g/mol. The van der Waals surface area contributed by atoms with Crippen molar-refractivity contribution in [2.45, 2.75) is 24.7 Å². The van der Waals surface area contributed by atoms with Crippen LogP contribution < -0.4 is 5.73 Å². The largest absolute Gasteiger partial charge is 0.508 e. The van der Waals surface area contributed by atoms with Crippen LogP contribution in [-0.2, 0) is 5.41 Å². The van der Waals surface area contributed by atoms with Crippen molar-refractivity contribution < 1.29 is 9.63 Å². The van der Waals surface area contributed by atoms with Gasteiger partial charge in [-0.05, 0) is 48.7 Å². The monoisotopic (exact) mass is 386 g/mol. The number of aromatic nitrogens is 5. The van der Waals surface area contributed by atoms with Crippen LogP contribution in [0.25, 0.3) is 22.7 Å². The minimum atomic E-state index is -0.290. The Kier molecular flexibility index (Phi) is 3.97. The number of hydrogen-bond acceptors (Lipinski definition) is 8. The first-order chi connectivity index (χ1) is 14.1. The van der Waals surface area contributed by atoms with Gasteiger partial charge in [-0.1, -0.05) is 17.6 Å². The molecule has 0 aliphatic heterocycles. The lowest BCUT2D eigenvalue weighted by Crippen LogP contribution is -2.36. The van der Waals surface area contributed by atoms with Crippen LogP contribution in [0.15, 0.2) is 59.5 Å². The summed E-state index contributed by atoms with van der Waals surface area (Å²) in [6.45, 7) is 0. The Hall–Kier alpha value is -3.81. The molecule has 0 unspecified atom stereocenters. The Bertz CT molecular complexity index is 1130. The molecule has 144 valence electrons. The number of anilines is 1. The van der Waals surface area contributed by atoms with E-state index in [0.29, 0.717) is 11.7 Å². The molecule has 4 aromatic rings. The Labute approximate surface area is 166 Å². The van der Waals surface area contributed by atoms with Crippen molar-refractivity contribution in [3.63, 3.8) is 0 Å². The van der Waals surface area contributed by atoms with Crippen molar-refractivity contribution in [3.8, 4) is 28.5 Å². The fraction of sp³-hybridized carbons (Fsp3) is 0.190. The Balaban J connectivity index is 1.46. The van der Waals surface area contributed by atoms with Crippen molar-refractivity contribution in [2.24, 2.45) is 0 Å². The molecule has 1 aliphatic rings. The van der Waals surface area contributed by atoms with Crippen molar-refractivity contribution in [1.29, 1.82) is 0 Å². The zero-order valence-electron chi connectivity index (χ0n) is 15.5. The molecule has 8 nitrogen and oxygen atoms in total. The molecule has 0 radical (unpaired) electrons. The fourth-order valence-corrected chi connectivity index (χ4v) is 3.63. The number of nitrogen functional groups attached to an aromatic ring is 1. The van der Waals surface area contributed by atoms with Gasteiger partial charge in [0.25, 0.3) is 5.89 Å². The summed E-state index contributed by atoms with van der Waals surface area (Å²) in [7, 11) is 0. The molecular formula is C21H18N6O2. The van der Waals surface area contributed by atoms with Gasteiger partial charge >= 0.3 is 0 Å². The normalized spacial score (nSPS) is 15.0. The Morgan fingerprint density at radius 1 is 0.897 bits per heavy atom. The van der Waals surface area contributed by atoms with E-state index in [1.54, 1.807) is 36.7 Å². The summed E-state index contributed by atoms with van der Waals surface area (Å²) in [5, 5.41) is 13.7. The molecule has 8 heteroatoms. The molecule has 0 bridgehead atoms. The molecule has 0 spiro atoms. The van der Waals surface area contributed by atoms with E-state index in [-0.39, 0.29) is 17.1 Å². The highest BCUT2D eigenvalue weighted by Crippen LogP contribution is 2.48. The van der Waals surface area contributed by atoms with Crippen LogP contribution in [0.4, 0.5) is 5.95 Å². The number of phenolic OH excluding ortho intramolecular Hbond substituents is 1. The maximum Gasteiger partial charge on any atom is 0.257 e. The first-order valence-electron chi connectivity index (χ1n) is 9.32.